The van der Waals surface area contributed by atoms with Crippen LogP contribution >= 0.6 is 0 Å². The number of nitrogens with one attached hydrogen (secondary N) is 1. The first kappa shape index (κ1) is 14.1. The van der Waals surface area contributed by atoms with Crippen molar-refractivity contribution >= 4 is 11.7 Å². The van der Waals surface area contributed by atoms with Crippen molar-refractivity contribution in [2.24, 2.45) is 0 Å². The highest BCUT2D eigenvalue weighted by Gasteiger charge is 2.10. The number of amides is 1. The molecule has 0 saturated heterocycles. The van der Waals surface area contributed by atoms with Gasteiger partial charge in [0.25, 0.3) is 5.91 Å². The average molecular weight is 274 g/mol. The third kappa shape index (κ3) is 3.17. The molecule has 1 N–H and O–H groups in total. The molecule has 0 saturated carbocycles. The Morgan fingerprint density at radius 1 is 1.25 bits per heavy atom. The van der Waals surface area contributed by atoms with Gasteiger partial charge < -0.3 is 14.6 Å². The average Bonchev–Trinajstić information content (AvgIpc) is 2.79. The molecule has 0 unspecified atom stereocenters. The summed E-state index contributed by atoms with van der Waals surface area (Å²) in [5.41, 5.74) is 3.20. The van der Waals surface area contributed by atoms with Gasteiger partial charge in [-0.3, -0.25) is 4.79 Å². The zero-order valence-corrected chi connectivity index (χ0v) is 12.1. The number of hydrogen-bond acceptors (Lipinski definition) is 4. The zero-order chi connectivity index (χ0) is 14.7. The van der Waals surface area contributed by atoms with Gasteiger partial charge in [-0.25, -0.2) is 0 Å². The van der Waals surface area contributed by atoms with E-state index in [0.29, 0.717) is 11.6 Å². The van der Waals surface area contributed by atoms with Crippen LogP contribution in [0.1, 0.15) is 22.5 Å². The SMILES string of the molecule is Cc1cc(NC(=O)COc2c(C)ccc(C)c2C)no1. The standard InChI is InChI=1S/C15H18N2O3/c1-9-5-6-10(2)15(12(9)4)19-8-14(18)16-13-7-11(3)20-17-13/h5-7H,8H2,1-4H3,(H,16,17,18). The molecule has 2 rings (SSSR count). The molecule has 5 heteroatoms. The van der Waals surface area contributed by atoms with Crippen molar-refractivity contribution in [3.63, 3.8) is 0 Å². The molecular formula is C15H18N2O3. The predicted octanol–water partition coefficient (Wildman–Crippen LogP) is 2.93. The predicted molar refractivity (Wildman–Crippen MR) is 76.0 cm³/mol. The fourth-order valence-electron chi connectivity index (χ4n) is 1.89. The highest BCUT2D eigenvalue weighted by molar-refractivity contribution is 5.90. The van der Waals surface area contributed by atoms with Crippen LogP contribution in [-0.4, -0.2) is 17.7 Å². The van der Waals surface area contributed by atoms with Crippen molar-refractivity contribution in [1.29, 1.82) is 0 Å². The van der Waals surface area contributed by atoms with Crippen molar-refractivity contribution in [1.82, 2.24) is 5.16 Å². The lowest BCUT2D eigenvalue weighted by Gasteiger charge is -2.13. The van der Waals surface area contributed by atoms with E-state index in [-0.39, 0.29) is 12.5 Å². The van der Waals surface area contributed by atoms with E-state index < -0.39 is 0 Å². The number of aromatic nitrogens is 1. The number of benzene rings is 1. The Balaban J connectivity index is 1.98. The van der Waals surface area contributed by atoms with Crippen LogP contribution in [0.2, 0.25) is 0 Å². The Morgan fingerprint density at radius 2 is 1.95 bits per heavy atom. The minimum atomic E-state index is -0.265. The van der Waals surface area contributed by atoms with Gasteiger partial charge in [0.1, 0.15) is 11.5 Å². The van der Waals surface area contributed by atoms with Crippen LogP contribution in [0.15, 0.2) is 22.7 Å². The van der Waals surface area contributed by atoms with Crippen LogP contribution in [0, 0.1) is 27.7 Å². The van der Waals surface area contributed by atoms with Crippen molar-refractivity contribution in [3.05, 3.63) is 40.6 Å². The Labute approximate surface area is 117 Å². The topological polar surface area (TPSA) is 64.4 Å². The Kier molecular flexibility index (Phi) is 4.08. The van der Waals surface area contributed by atoms with Crippen LogP contribution in [0.4, 0.5) is 5.82 Å². The molecule has 0 fully saturated rings. The summed E-state index contributed by atoms with van der Waals surface area (Å²) >= 11 is 0. The molecule has 0 aliphatic carbocycles. The molecule has 1 amide bonds. The minimum absolute atomic E-state index is 0.0585. The third-order valence-electron chi connectivity index (χ3n) is 3.12. The van der Waals surface area contributed by atoms with Crippen molar-refractivity contribution in [3.8, 4) is 5.75 Å². The molecule has 0 atom stereocenters. The maximum Gasteiger partial charge on any atom is 0.263 e. The molecule has 0 aliphatic heterocycles. The summed E-state index contributed by atoms with van der Waals surface area (Å²) in [4.78, 5) is 11.8. The Morgan fingerprint density at radius 3 is 2.60 bits per heavy atom. The van der Waals surface area contributed by atoms with Crippen molar-refractivity contribution in [2.75, 3.05) is 11.9 Å². The van der Waals surface area contributed by atoms with Gasteiger partial charge in [0.05, 0.1) is 0 Å². The molecule has 106 valence electrons. The summed E-state index contributed by atoms with van der Waals surface area (Å²) in [6.45, 7) is 7.66. The summed E-state index contributed by atoms with van der Waals surface area (Å²) < 4.78 is 10.5. The number of carbonyl (C=O) groups is 1. The lowest BCUT2D eigenvalue weighted by Crippen LogP contribution is -2.21. The fraction of sp³-hybridized carbons (Fsp3) is 0.333. The second kappa shape index (κ2) is 5.77. The van der Waals surface area contributed by atoms with Gasteiger partial charge in [-0.1, -0.05) is 17.3 Å². The van der Waals surface area contributed by atoms with Crippen LogP contribution in [0.5, 0.6) is 5.75 Å². The molecule has 0 spiro atoms. The van der Waals surface area contributed by atoms with Gasteiger partial charge in [0.15, 0.2) is 12.4 Å². The summed E-state index contributed by atoms with van der Waals surface area (Å²) in [6, 6.07) is 5.67. The number of aryl methyl sites for hydroxylation is 3. The fourth-order valence-corrected chi connectivity index (χ4v) is 1.89. The first-order chi connectivity index (χ1) is 9.47. The van der Waals surface area contributed by atoms with Gasteiger partial charge >= 0.3 is 0 Å². The molecule has 2 aromatic rings. The lowest BCUT2D eigenvalue weighted by atomic mass is 10.1. The molecule has 20 heavy (non-hydrogen) atoms. The van der Waals surface area contributed by atoms with E-state index in [4.69, 9.17) is 9.26 Å². The largest absolute Gasteiger partial charge is 0.483 e. The van der Waals surface area contributed by atoms with Gasteiger partial charge in [-0.15, -0.1) is 0 Å². The van der Waals surface area contributed by atoms with Crippen molar-refractivity contribution in [2.45, 2.75) is 27.7 Å². The number of rotatable bonds is 4. The number of anilines is 1. The Bertz CT molecular complexity index is 632. The quantitative estimate of drug-likeness (QED) is 0.931. The van der Waals surface area contributed by atoms with Gasteiger partial charge in [-0.05, 0) is 44.4 Å². The molecule has 0 radical (unpaired) electrons. The second-order valence-electron chi connectivity index (χ2n) is 4.81. The highest BCUT2D eigenvalue weighted by atomic mass is 16.5. The summed E-state index contributed by atoms with van der Waals surface area (Å²) in [6.07, 6.45) is 0. The van der Waals surface area contributed by atoms with E-state index in [1.54, 1.807) is 13.0 Å². The lowest BCUT2D eigenvalue weighted by molar-refractivity contribution is -0.118. The first-order valence-electron chi connectivity index (χ1n) is 6.40. The highest BCUT2D eigenvalue weighted by Crippen LogP contribution is 2.25. The van der Waals surface area contributed by atoms with E-state index in [0.717, 1.165) is 22.4 Å². The Hall–Kier alpha value is -2.30. The van der Waals surface area contributed by atoms with Gasteiger partial charge in [0.2, 0.25) is 0 Å². The van der Waals surface area contributed by atoms with E-state index >= 15 is 0 Å². The van der Waals surface area contributed by atoms with Gasteiger partial charge in [-0.2, -0.15) is 0 Å². The number of carbonyl (C=O) groups excluding carboxylic acids is 1. The van der Waals surface area contributed by atoms with Crippen LogP contribution in [0.25, 0.3) is 0 Å². The third-order valence-corrected chi connectivity index (χ3v) is 3.12. The monoisotopic (exact) mass is 274 g/mol. The maximum absolute atomic E-state index is 11.8. The van der Waals surface area contributed by atoms with E-state index in [9.17, 15) is 4.79 Å². The smallest absolute Gasteiger partial charge is 0.263 e. The number of hydrogen-bond donors (Lipinski definition) is 1. The summed E-state index contributed by atoms with van der Waals surface area (Å²) in [5.74, 6) is 1.54. The van der Waals surface area contributed by atoms with E-state index in [2.05, 4.69) is 10.5 Å². The first-order valence-corrected chi connectivity index (χ1v) is 6.40. The normalized spacial score (nSPS) is 10.4. The molecular weight excluding hydrogens is 256 g/mol. The molecule has 0 bridgehead atoms. The van der Waals surface area contributed by atoms with Gasteiger partial charge in [0, 0.05) is 6.07 Å². The van der Waals surface area contributed by atoms with Crippen LogP contribution in [-0.2, 0) is 4.79 Å². The van der Waals surface area contributed by atoms with Crippen LogP contribution in [0.3, 0.4) is 0 Å². The molecule has 0 aliphatic rings. The zero-order valence-electron chi connectivity index (χ0n) is 12.1. The van der Waals surface area contributed by atoms with Crippen molar-refractivity contribution < 1.29 is 14.1 Å². The second-order valence-corrected chi connectivity index (χ2v) is 4.81. The number of ether oxygens (including phenoxy) is 1. The van der Waals surface area contributed by atoms with E-state index in [1.807, 2.05) is 32.9 Å². The summed E-state index contributed by atoms with van der Waals surface area (Å²) in [7, 11) is 0. The van der Waals surface area contributed by atoms with E-state index in [1.165, 1.54) is 0 Å². The number of nitrogens with zero attached hydrogens (tertiary/aromatic N) is 1. The maximum atomic E-state index is 11.8. The summed E-state index contributed by atoms with van der Waals surface area (Å²) in [5, 5.41) is 6.32. The molecule has 1 aromatic heterocycles. The minimum Gasteiger partial charge on any atom is -0.483 e. The molecule has 5 nitrogen and oxygen atoms in total. The van der Waals surface area contributed by atoms with Crippen LogP contribution < -0.4 is 10.1 Å². The molecule has 1 heterocycles. The molecule has 1 aromatic carbocycles.